The molecule has 0 aliphatic rings. The molecule has 0 aliphatic carbocycles. The standard InChI is InChI=1S/C15H22N2/c1-10(2)17-12(4)9-14-7-5-6-13(15(14)17)8-11(3)16/h5-7,9-11H,8,16H2,1-4H3. The minimum Gasteiger partial charge on any atom is -0.342 e. The molecule has 2 nitrogen and oxygen atoms in total. The van der Waals surface area contributed by atoms with Gasteiger partial charge in [-0.3, -0.25) is 0 Å². The number of nitrogens with zero attached hydrogens (tertiary/aromatic N) is 1. The Labute approximate surface area is 103 Å². The van der Waals surface area contributed by atoms with E-state index >= 15 is 0 Å². The van der Waals surface area contributed by atoms with Crippen LogP contribution in [-0.2, 0) is 6.42 Å². The van der Waals surface area contributed by atoms with Crippen molar-refractivity contribution in [3.63, 3.8) is 0 Å². The van der Waals surface area contributed by atoms with Gasteiger partial charge in [0.05, 0.1) is 5.52 Å². The van der Waals surface area contributed by atoms with Crippen molar-refractivity contribution < 1.29 is 0 Å². The van der Waals surface area contributed by atoms with Crippen molar-refractivity contribution in [2.24, 2.45) is 5.73 Å². The van der Waals surface area contributed by atoms with Crippen molar-refractivity contribution in [2.45, 2.75) is 46.2 Å². The fourth-order valence-electron chi connectivity index (χ4n) is 2.67. The van der Waals surface area contributed by atoms with Gasteiger partial charge >= 0.3 is 0 Å². The molecule has 0 fully saturated rings. The number of hydrogen-bond acceptors (Lipinski definition) is 1. The molecule has 17 heavy (non-hydrogen) atoms. The predicted octanol–water partition coefficient (Wildman–Crippen LogP) is 3.42. The van der Waals surface area contributed by atoms with Crippen LogP contribution in [0.25, 0.3) is 10.9 Å². The van der Waals surface area contributed by atoms with E-state index in [4.69, 9.17) is 5.73 Å². The third-order valence-electron chi connectivity index (χ3n) is 3.19. The molecule has 1 heterocycles. The number of para-hydroxylation sites is 1. The molecular formula is C15H22N2. The summed E-state index contributed by atoms with van der Waals surface area (Å²) in [5, 5.41) is 1.33. The van der Waals surface area contributed by atoms with E-state index in [1.807, 2.05) is 0 Å². The average molecular weight is 230 g/mol. The maximum atomic E-state index is 5.94. The van der Waals surface area contributed by atoms with Crippen molar-refractivity contribution >= 4 is 10.9 Å². The van der Waals surface area contributed by atoms with Gasteiger partial charge in [-0.05, 0) is 45.7 Å². The lowest BCUT2D eigenvalue weighted by atomic mass is 10.0. The van der Waals surface area contributed by atoms with Crippen LogP contribution in [-0.4, -0.2) is 10.6 Å². The molecule has 0 bridgehead atoms. The Kier molecular flexibility index (Phi) is 3.25. The Morgan fingerprint density at radius 2 is 1.94 bits per heavy atom. The summed E-state index contributed by atoms with van der Waals surface area (Å²) < 4.78 is 2.41. The first kappa shape index (κ1) is 12.2. The molecule has 0 saturated carbocycles. The molecule has 0 saturated heterocycles. The minimum atomic E-state index is 0.205. The molecule has 2 N–H and O–H groups in total. The number of hydrogen-bond donors (Lipinski definition) is 1. The highest BCUT2D eigenvalue weighted by molar-refractivity contribution is 5.84. The fraction of sp³-hybridized carbons (Fsp3) is 0.467. The molecule has 2 rings (SSSR count). The van der Waals surface area contributed by atoms with Crippen LogP contribution in [0.5, 0.6) is 0 Å². The lowest BCUT2D eigenvalue weighted by Crippen LogP contribution is -2.18. The smallest absolute Gasteiger partial charge is 0.0517 e. The summed E-state index contributed by atoms with van der Waals surface area (Å²) in [4.78, 5) is 0. The molecule has 2 heteroatoms. The van der Waals surface area contributed by atoms with Crippen LogP contribution >= 0.6 is 0 Å². The molecule has 1 aromatic carbocycles. The normalized spacial score (nSPS) is 13.5. The quantitative estimate of drug-likeness (QED) is 0.860. The van der Waals surface area contributed by atoms with Gasteiger partial charge < -0.3 is 10.3 Å². The van der Waals surface area contributed by atoms with Gasteiger partial charge in [0.2, 0.25) is 0 Å². The van der Waals surface area contributed by atoms with Crippen molar-refractivity contribution in [1.82, 2.24) is 4.57 Å². The summed E-state index contributed by atoms with van der Waals surface area (Å²) in [6.07, 6.45) is 0.938. The van der Waals surface area contributed by atoms with Crippen molar-refractivity contribution in [2.75, 3.05) is 0 Å². The Balaban J connectivity index is 2.67. The molecule has 1 unspecified atom stereocenters. The third-order valence-corrected chi connectivity index (χ3v) is 3.19. The Morgan fingerprint density at radius 1 is 1.24 bits per heavy atom. The zero-order chi connectivity index (χ0) is 12.6. The molecule has 1 atom stereocenters. The monoisotopic (exact) mass is 230 g/mol. The largest absolute Gasteiger partial charge is 0.342 e. The van der Waals surface area contributed by atoms with Gasteiger partial charge in [0.15, 0.2) is 0 Å². The van der Waals surface area contributed by atoms with Gasteiger partial charge in [0.1, 0.15) is 0 Å². The SMILES string of the molecule is Cc1cc2cccc(CC(C)N)c2n1C(C)C. The molecule has 2 aromatic rings. The summed E-state index contributed by atoms with van der Waals surface area (Å²) in [7, 11) is 0. The van der Waals surface area contributed by atoms with E-state index in [-0.39, 0.29) is 6.04 Å². The first-order chi connectivity index (χ1) is 8.00. The van der Waals surface area contributed by atoms with Gasteiger partial charge in [-0.2, -0.15) is 0 Å². The van der Waals surface area contributed by atoms with E-state index in [0.717, 1.165) is 6.42 Å². The Bertz CT molecular complexity index is 521. The number of benzene rings is 1. The first-order valence-electron chi connectivity index (χ1n) is 6.35. The molecule has 0 radical (unpaired) electrons. The fourth-order valence-corrected chi connectivity index (χ4v) is 2.67. The number of rotatable bonds is 3. The molecule has 0 spiro atoms. The van der Waals surface area contributed by atoms with E-state index in [1.54, 1.807) is 0 Å². The lowest BCUT2D eigenvalue weighted by Gasteiger charge is -2.16. The number of aromatic nitrogens is 1. The van der Waals surface area contributed by atoms with E-state index in [0.29, 0.717) is 6.04 Å². The molecule has 0 aliphatic heterocycles. The van der Waals surface area contributed by atoms with E-state index in [2.05, 4.69) is 56.5 Å². The summed E-state index contributed by atoms with van der Waals surface area (Å²) in [6, 6.07) is 9.47. The van der Waals surface area contributed by atoms with Gasteiger partial charge in [0, 0.05) is 23.2 Å². The lowest BCUT2D eigenvalue weighted by molar-refractivity contribution is 0.604. The van der Waals surface area contributed by atoms with E-state index in [9.17, 15) is 0 Å². The van der Waals surface area contributed by atoms with E-state index in [1.165, 1.54) is 22.2 Å². The second-order valence-corrected chi connectivity index (χ2v) is 5.29. The summed E-state index contributed by atoms with van der Waals surface area (Å²) in [6.45, 7) is 8.70. The second-order valence-electron chi connectivity index (χ2n) is 5.29. The van der Waals surface area contributed by atoms with Crippen LogP contribution in [0.2, 0.25) is 0 Å². The summed E-state index contributed by atoms with van der Waals surface area (Å²) in [5.74, 6) is 0. The third kappa shape index (κ3) is 2.22. The van der Waals surface area contributed by atoms with Crippen LogP contribution in [0, 0.1) is 6.92 Å². The van der Waals surface area contributed by atoms with Crippen LogP contribution in [0.3, 0.4) is 0 Å². The van der Waals surface area contributed by atoms with Crippen molar-refractivity contribution in [3.05, 3.63) is 35.5 Å². The predicted molar refractivity (Wildman–Crippen MR) is 74.4 cm³/mol. The van der Waals surface area contributed by atoms with Gasteiger partial charge in [0.25, 0.3) is 0 Å². The first-order valence-corrected chi connectivity index (χ1v) is 6.35. The summed E-state index contributed by atoms with van der Waals surface area (Å²) in [5.41, 5.74) is 9.98. The highest BCUT2D eigenvalue weighted by Crippen LogP contribution is 2.27. The minimum absolute atomic E-state index is 0.205. The zero-order valence-corrected chi connectivity index (χ0v) is 11.2. The highest BCUT2D eigenvalue weighted by atomic mass is 15.0. The molecule has 92 valence electrons. The van der Waals surface area contributed by atoms with Crippen LogP contribution in [0.4, 0.5) is 0 Å². The van der Waals surface area contributed by atoms with Crippen LogP contribution in [0.15, 0.2) is 24.3 Å². The van der Waals surface area contributed by atoms with Gasteiger partial charge in [-0.25, -0.2) is 0 Å². The van der Waals surface area contributed by atoms with Crippen molar-refractivity contribution in [1.29, 1.82) is 0 Å². The maximum absolute atomic E-state index is 5.94. The molecular weight excluding hydrogens is 208 g/mol. The second kappa shape index (κ2) is 4.53. The van der Waals surface area contributed by atoms with Gasteiger partial charge in [-0.1, -0.05) is 18.2 Å². The maximum Gasteiger partial charge on any atom is 0.0517 e. The van der Waals surface area contributed by atoms with Crippen molar-refractivity contribution in [3.8, 4) is 0 Å². The van der Waals surface area contributed by atoms with Crippen LogP contribution < -0.4 is 5.73 Å². The molecule has 0 amide bonds. The van der Waals surface area contributed by atoms with Crippen LogP contribution in [0.1, 0.15) is 38.1 Å². The Hall–Kier alpha value is -1.28. The van der Waals surface area contributed by atoms with Gasteiger partial charge in [-0.15, -0.1) is 0 Å². The summed E-state index contributed by atoms with van der Waals surface area (Å²) >= 11 is 0. The zero-order valence-electron chi connectivity index (χ0n) is 11.2. The number of aryl methyl sites for hydroxylation is 1. The average Bonchev–Trinajstić information content (AvgIpc) is 2.54. The van der Waals surface area contributed by atoms with E-state index < -0.39 is 0 Å². The number of fused-ring (bicyclic) bond motifs is 1. The topological polar surface area (TPSA) is 30.9 Å². The number of nitrogens with two attached hydrogens (primary N) is 1. The molecule has 1 aromatic heterocycles. The highest BCUT2D eigenvalue weighted by Gasteiger charge is 2.12. The Morgan fingerprint density at radius 3 is 2.53 bits per heavy atom.